The van der Waals surface area contributed by atoms with Crippen LogP contribution in [0.1, 0.15) is 6.92 Å². The van der Waals surface area contributed by atoms with E-state index in [1.54, 1.807) is 0 Å². The Morgan fingerprint density at radius 2 is 2.20 bits per heavy atom. The second kappa shape index (κ2) is 6.83. The number of amides is 2. The molecule has 15 heavy (non-hydrogen) atoms. The zero-order valence-corrected chi connectivity index (χ0v) is 8.64. The van der Waals surface area contributed by atoms with Gasteiger partial charge in [-0.05, 0) is 6.92 Å². The maximum Gasteiger partial charge on any atom is 0.325 e. The number of hydrogen-bond donors (Lipinski definition) is 3. The van der Waals surface area contributed by atoms with Gasteiger partial charge < -0.3 is 20.4 Å². The molecule has 0 spiro atoms. The van der Waals surface area contributed by atoms with Gasteiger partial charge in [-0.2, -0.15) is 0 Å². The van der Waals surface area contributed by atoms with Crippen LogP contribution < -0.4 is 5.32 Å². The van der Waals surface area contributed by atoms with Crippen LogP contribution in [-0.2, 0) is 4.79 Å². The number of urea groups is 1. The van der Waals surface area contributed by atoms with Crippen LogP contribution >= 0.6 is 0 Å². The lowest BCUT2D eigenvalue weighted by atomic mass is 10.3. The molecule has 0 bridgehead atoms. The Hall–Kier alpha value is -1.56. The number of carbonyl (C=O) groups is 2. The van der Waals surface area contributed by atoms with Crippen molar-refractivity contribution in [3.05, 3.63) is 12.7 Å². The van der Waals surface area contributed by atoms with Crippen molar-refractivity contribution in [3.8, 4) is 0 Å². The van der Waals surface area contributed by atoms with Crippen LogP contribution in [0.15, 0.2) is 12.7 Å². The summed E-state index contributed by atoms with van der Waals surface area (Å²) < 4.78 is 0. The highest BCUT2D eigenvalue weighted by molar-refractivity contribution is 5.82. The van der Waals surface area contributed by atoms with Crippen LogP contribution in [0.4, 0.5) is 4.79 Å². The largest absolute Gasteiger partial charge is 0.480 e. The molecule has 1 atom stereocenters. The van der Waals surface area contributed by atoms with Gasteiger partial charge in [-0.3, -0.25) is 4.79 Å². The molecule has 0 aromatic rings. The number of carboxylic acid groups (broad SMARTS) is 1. The number of nitrogens with one attached hydrogen (secondary N) is 1. The molecule has 6 heteroatoms. The van der Waals surface area contributed by atoms with Crippen LogP contribution in [0, 0.1) is 0 Å². The molecule has 0 aliphatic heterocycles. The molecule has 0 saturated carbocycles. The number of hydrogen-bond acceptors (Lipinski definition) is 3. The van der Waals surface area contributed by atoms with Crippen molar-refractivity contribution < 1.29 is 19.8 Å². The third kappa shape index (κ3) is 5.02. The fraction of sp³-hybridized carbons (Fsp3) is 0.556. The third-order valence-corrected chi connectivity index (χ3v) is 1.72. The van der Waals surface area contributed by atoms with Crippen molar-refractivity contribution in [3.63, 3.8) is 0 Å². The minimum atomic E-state index is -1.11. The van der Waals surface area contributed by atoms with E-state index in [1.807, 2.05) is 0 Å². The van der Waals surface area contributed by atoms with Gasteiger partial charge in [-0.15, -0.1) is 6.58 Å². The normalized spacial score (nSPS) is 11.6. The van der Waals surface area contributed by atoms with E-state index in [9.17, 15) is 9.59 Å². The molecule has 6 nitrogen and oxygen atoms in total. The minimum absolute atomic E-state index is 0.143. The Bertz CT molecular complexity index is 242. The Labute approximate surface area is 88.2 Å². The quantitative estimate of drug-likeness (QED) is 0.529. The molecule has 0 heterocycles. The molecule has 0 saturated heterocycles. The Morgan fingerprint density at radius 3 is 2.60 bits per heavy atom. The number of nitrogens with zero attached hydrogens (tertiary/aromatic N) is 1. The molecule has 0 radical (unpaired) electrons. The van der Waals surface area contributed by atoms with Crippen molar-refractivity contribution in [2.75, 3.05) is 19.7 Å². The zero-order valence-electron chi connectivity index (χ0n) is 8.64. The summed E-state index contributed by atoms with van der Waals surface area (Å²) in [7, 11) is 0. The number of carbonyl (C=O) groups excluding carboxylic acids is 1. The summed E-state index contributed by atoms with van der Waals surface area (Å²) in [5.74, 6) is -1.11. The molecular formula is C9H16N2O4. The first kappa shape index (κ1) is 13.4. The van der Waals surface area contributed by atoms with E-state index < -0.39 is 18.0 Å². The van der Waals surface area contributed by atoms with Crippen molar-refractivity contribution in [2.45, 2.75) is 13.0 Å². The number of carboxylic acids is 1. The predicted octanol–water partition coefficient (Wildman–Crippen LogP) is -0.351. The number of rotatable bonds is 6. The SMILES string of the molecule is C=CCN(CCO)C(=O)N[C@@H](C)C(=O)O. The lowest BCUT2D eigenvalue weighted by molar-refractivity contribution is -0.138. The van der Waals surface area contributed by atoms with E-state index in [2.05, 4.69) is 11.9 Å². The van der Waals surface area contributed by atoms with Gasteiger partial charge >= 0.3 is 12.0 Å². The Balaban J connectivity index is 4.24. The molecule has 0 unspecified atom stereocenters. The molecule has 0 aliphatic rings. The van der Waals surface area contributed by atoms with Crippen LogP contribution in [0.5, 0.6) is 0 Å². The topological polar surface area (TPSA) is 89.9 Å². The van der Waals surface area contributed by atoms with E-state index in [0.29, 0.717) is 0 Å². The van der Waals surface area contributed by atoms with Gasteiger partial charge in [0.05, 0.1) is 6.61 Å². The van der Waals surface area contributed by atoms with Crippen LogP contribution in [0.25, 0.3) is 0 Å². The van der Waals surface area contributed by atoms with E-state index in [1.165, 1.54) is 17.9 Å². The van der Waals surface area contributed by atoms with Gasteiger partial charge in [0.1, 0.15) is 6.04 Å². The number of aliphatic carboxylic acids is 1. The summed E-state index contributed by atoms with van der Waals surface area (Å²) in [4.78, 5) is 23.2. The van der Waals surface area contributed by atoms with Gasteiger partial charge in [-0.1, -0.05) is 6.08 Å². The second-order valence-electron chi connectivity index (χ2n) is 2.97. The summed E-state index contributed by atoms with van der Waals surface area (Å²) >= 11 is 0. The standard InChI is InChI=1S/C9H16N2O4/c1-3-4-11(5-6-12)9(15)10-7(2)8(13)14/h3,7,12H,1,4-6H2,2H3,(H,10,15)(H,13,14)/t7-/m0/s1. The molecule has 2 amide bonds. The van der Waals surface area contributed by atoms with Gasteiger partial charge in [0, 0.05) is 13.1 Å². The van der Waals surface area contributed by atoms with E-state index in [-0.39, 0.29) is 19.7 Å². The second-order valence-corrected chi connectivity index (χ2v) is 2.97. The van der Waals surface area contributed by atoms with Crippen LogP contribution in [0.2, 0.25) is 0 Å². The molecule has 86 valence electrons. The highest BCUT2D eigenvalue weighted by atomic mass is 16.4. The van der Waals surface area contributed by atoms with Gasteiger partial charge in [0.25, 0.3) is 0 Å². The molecule has 0 fully saturated rings. The number of aliphatic hydroxyl groups is 1. The summed E-state index contributed by atoms with van der Waals surface area (Å²) in [6.07, 6.45) is 1.50. The fourth-order valence-electron chi connectivity index (χ4n) is 0.891. The third-order valence-electron chi connectivity index (χ3n) is 1.72. The molecule has 0 aromatic carbocycles. The average molecular weight is 216 g/mol. The number of aliphatic hydroxyl groups excluding tert-OH is 1. The first-order valence-electron chi connectivity index (χ1n) is 4.53. The van der Waals surface area contributed by atoms with Crippen molar-refractivity contribution >= 4 is 12.0 Å². The van der Waals surface area contributed by atoms with Crippen LogP contribution in [-0.4, -0.2) is 52.9 Å². The van der Waals surface area contributed by atoms with Crippen molar-refractivity contribution in [2.24, 2.45) is 0 Å². The molecule has 0 aliphatic carbocycles. The van der Waals surface area contributed by atoms with Crippen molar-refractivity contribution in [1.29, 1.82) is 0 Å². The van der Waals surface area contributed by atoms with E-state index in [4.69, 9.17) is 10.2 Å². The molecule has 0 rings (SSSR count). The summed E-state index contributed by atoms with van der Waals surface area (Å²) in [5, 5.41) is 19.5. The van der Waals surface area contributed by atoms with E-state index in [0.717, 1.165) is 0 Å². The van der Waals surface area contributed by atoms with Gasteiger partial charge in [0.2, 0.25) is 0 Å². The Kier molecular flexibility index (Phi) is 6.12. The summed E-state index contributed by atoms with van der Waals surface area (Å²) in [6.45, 7) is 5.05. The summed E-state index contributed by atoms with van der Waals surface area (Å²) in [5.41, 5.74) is 0. The summed E-state index contributed by atoms with van der Waals surface area (Å²) in [6, 6.07) is -1.48. The first-order chi connectivity index (χ1) is 7.02. The van der Waals surface area contributed by atoms with E-state index >= 15 is 0 Å². The monoisotopic (exact) mass is 216 g/mol. The maximum absolute atomic E-state index is 11.4. The first-order valence-corrected chi connectivity index (χ1v) is 4.53. The van der Waals surface area contributed by atoms with Crippen LogP contribution in [0.3, 0.4) is 0 Å². The fourth-order valence-corrected chi connectivity index (χ4v) is 0.891. The van der Waals surface area contributed by atoms with Gasteiger partial charge in [-0.25, -0.2) is 4.79 Å². The highest BCUT2D eigenvalue weighted by Crippen LogP contribution is 1.92. The predicted molar refractivity (Wildman–Crippen MR) is 54.5 cm³/mol. The Morgan fingerprint density at radius 1 is 1.60 bits per heavy atom. The average Bonchev–Trinajstić information content (AvgIpc) is 2.17. The van der Waals surface area contributed by atoms with Gasteiger partial charge in [0.15, 0.2) is 0 Å². The molecular weight excluding hydrogens is 200 g/mol. The maximum atomic E-state index is 11.4. The molecule has 3 N–H and O–H groups in total. The highest BCUT2D eigenvalue weighted by Gasteiger charge is 2.17. The zero-order chi connectivity index (χ0) is 11.8. The lowest BCUT2D eigenvalue weighted by Crippen LogP contribution is -2.47. The molecule has 0 aromatic heterocycles. The lowest BCUT2D eigenvalue weighted by Gasteiger charge is -2.21. The minimum Gasteiger partial charge on any atom is -0.480 e. The van der Waals surface area contributed by atoms with Crippen molar-refractivity contribution in [1.82, 2.24) is 10.2 Å². The smallest absolute Gasteiger partial charge is 0.325 e.